The normalized spacial score (nSPS) is 20.9. The molecule has 1 atom stereocenters. The number of rotatable bonds is 3. The first-order valence-electron chi connectivity index (χ1n) is 7.97. The molecule has 2 heteroatoms. The zero-order valence-electron chi connectivity index (χ0n) is 13.6. The molecule has 0 bridgehead atoms. The Morgan fingerprint density at radius 2 is 1.80 bits per heavy atom. The highest BCUT2D eigenvalue weighted by atomic mass is 15.1. The van der Waals surface area contributed by atoms with Crippen LogP contribution in [0.1, 0.15) is 51.2 Å². The monoisotopic (exact) mass is 274 g/mol. The number of nitrogens with one attached hydrogen (secondary N) is 1. The molecule has 1 saturated heterocycles. The van der Waals surface area contributed by atoms with Crippen molar-refractivity contribution in [1.29, 1.82) is 0 Å². The van der Waals surface area contributed by atoms with Gasteiger partial charge in [0.05, 0.1) is 0 Å². The first-order valence-corrected chi connectivity index (χ1v) is 7.97. The number of hydrogen-bond acceptors (Lipinski definition) is 2. The number of nitrogens with zero attached hydrogens (tertiary/aromatic N) is 1. The van der Waals surface area contributed by atoms with Crippen LogP contribution in [0.4, 0.5) is 0 Å². The molecule has 0 saturated carbocycles. The number of benzene rings is 1. The van der Waals surface area contributed by atoms with Gasteiger partial charge in [0.15, 0.2) is 0 Å². The van der Waals surface area contributed by atoms with Crippen molar-refractivity contribution < 1.29 is 0 Å². The molecule has 1 heterocycles. The lowest BCUT2D eigenvalue weighted by Crippen LogP contribution is -2.32. The molecule has 0 aliphatic carbocycles. The van der Waals surface area contributed by atoms with Gasteiger partial charge in [0.2, 0.25) is 0 Å². The summed E-state index contributed by atoms with van der Waals surface area (Å²) in [4.78, 5) is 2.53. The summed E-state index contributed by atoms with van der Waals surface area (Å²) in [5.41, 5.74) is 3.09. The number of hydrogen-bond donors (Lipinski definition) is 1. The second-order valence-corrected chi connectivity index (χ2v) is 7.20. The van der Waals surface area contributed by atoms with E-state index >= 15 is 0 Å². The van der Waals surface area contributed by atoms with Gasteiger partial charge in [0.25, 0.3) is 0 Å². The lowest BCUT2D eigenvalue weighted by Gasteiger charge is -2.27. The zero-order chi connectivity index (χ0) is 14.6. The minimum atomic E-state index is 0.247. The highest BCUT2D eigenvalue weighted by Crippen LogP contribution is 2.23. The molecule has 1 aliphatic rings. The van der Waals surface area contributed by atoms with E-state index in [1.807, 2.05) is 0 Å². The second-order valence-electron chi connectivity index (χ2n) is 7.20. The second kappa shape index (κ2) is 6.73. The van der Waals surface area contributed by atoms with E-state index in [1.165, 1.54) is 36.9 Å². The average Bonchev–Trinajstić information content (AvgIpc) is 2.67. The molecule has 0 aromatic heterocycles. The Balaban J connectivity index is 1.95. The molecule has 1 aliphatic heterocycles. The largest absolute Gasteiger partial charge is 0.317 e. The van der Waals surface area contributed by atoms with Crippen LogP contribution >= 0.6 is 0 Å². The van der Waals surface area contributed by atoms with Crippen LogP contribution < -0.4 is 5.32 Å². The zero-order valence-corrected chi connectivity index (χ0v) is 13.6. The molecule has 0 amide bonds. The fourth-order valence-electron chi connectivity index (χ4n) is 2.97. The van der Waals surface area contributed by atoms with Crippen molar-refractivity contribution in [2.45, 2.75) is 58.0 Å². The fraction of sp³-hybridized carbons (Fsp3) is 0.667. The summed E-state index contributed by atoms with van der Waals surface area (Å²) in [7, 11) is 2.27. The highest BCUT2D eigenvalue weighted by molar-refractivity contribution is 5.27. The third-order valence-corrected chi connectivity index (χ3v) is 4.42. The maximum Gasteiger partial charge on any atom is 0.0233 e. The van der Waals surface area contributed by atoms with Crippen molar-refractivity contribution in [3.8, 4) is 0 Å². The topological polar surface area (TPSA) is 15.3 Å². The first-order chi connectivity index (χ1) is 9.47. The molecule has 1 fully saturated rings. The van der Waals surface area contributed by atoms with E-state index in [-0.39, 0.29) is 5.41 Å². The highest BCUT2D eigenvalue weighted by Gasteiger charge is 2.17. The Kier molecular flexibility index (Phi) is 5.22. The van der Waals surface area contributed by atoms with Crippen LogP contribution in [-0.4, -0.2) is 31.1 Å². The summed E-state index contributed by atoms with van der Waals surface area (Å²) >= 11 is 0. The van der Waals surface area contributed by atoms with Crippen molar-refractivity contribution in [3.63, 3.8) is 0 Å². The molecule has 112 valence electrons. The van der Waals surface area contributed by atoms with Crippen LogP contribution in [0, 0.1) is 0 Å². The Morgan fingerprint density at radius 3 is 2.45 bits per heavy atom. The van der Waals surface area contributed by atoms with Crippen molar-refractivity contribution in [3.05, 3.63) is 35.4 Å². The third-order valence-electron chi connectivity index (χ3n) is 4.42. The Bertz CT molecular complexity index is 394. The maximum atomic E-state index is 3.49. The summed E-state index contributed by atoms with van der Waals surface area (Å²) in [5, 5.41) is 3.49. The minimum absolute atomic E-state index is 0.247. The van der Waals surface area contributed by atoms with Gasteiger partial charge in [-0.25, -0.2) is 0 Å². The molecule has 1 unspecified atom stereocenters. The van der Waals surface area contributed by atoms with Gasteiger partial charge in [-0.15, -0.1) is 0 Å². The molecule has 0 radical (unpaired) electrons. The smallest absolute Gasteiger partial charge is 0.0233 e. The standard InChI is InChI=1S/C18H30N2/c1-18(2,3)16-9-7-15(8-10-16)14-20(4)17-6-5-12-19-13-11-17/h7-10,17,19H,5-6,11-14H2,1-4H3. The molecule has 2 nitrogen and oxygen atoms in total. The van der Waals surface area contributed by atoms with Gasteiger partial charge in [-0.1, -0.05) is 45.0 Å². The Morgan fingerprint density at radius 1 is 1.10 bits per heavy atom. The third kappa shape index (κ3) is 4.32. The van der Waals surface area contributed by atoms with E-state index in [9.17, 15) is 0 Å². The summed E-state index contributed by atoms with van der Waals surface area (Å²) < 4.78 is 0. The first kappa shape index (κ1) is 15.5. The molecular weight excluding hydrogens is 244 g/mol. The van der Waals surface area contributed by atoms with Crippen LogP contribution in [0.15, 0.2) is 24.3 Å². The molecule has 1 N–H and O–H groups in total. The fourth-order valence-corrected chi connectivity index (χ4v) is 2.97. The minimum Gasteiger partial charge on any atom is -0.317 e. The maximum absolute atomic E-state index is 3.49. The summed E-state index contributed by atoms with van der Waals surface area (Å²) in [6.45, 7) is 10.2. The SMILES string of the molecule is CN(Cc1ccc(C(C)(C)C)cc1)C1CCCNCC1. The Hall–Kier alpha value is -0.860. The van der Waals surface area contributed by atoms with Crippen LogP contribution in [0.2, 0.25) is 0 Å². The van der Waals surface area contributed by atoms with Crippen LogP contribution in [0.3, 0.4) is 0 Å². The molecule has 2 rings (SSSR count). The van der Waals surface area contributed by atoms with Crippen LogP contribution in [-0.2, 0) is 12.0 Å². The quantitative estimate of drug-likeness (QED) is 0.906. The molecular formula is C18H30N2. The lowest BCUT2D eigenvalue weighted by molar-refractivity contribution is 0.216. The Labute approximate surface area is 124 Å². The van der Waals surface area contributed by atoms with E-state index in [0.717, 1.165) is 19.1 Å². The van der Waals surface area contributed by atoms with Gasteiger partial charge in [-0.05, 0) is 55.9 Å². The summed E-state index contributed by atoms with van der Waals surface area (Å²) in [6, 6.07) is 9.90. The van der Waals surface area contributed by atoms with Crippen LogP contribution in [0.25, 0.3) is 0 Å². The molecule has 1 aromatic rings. The molecule has 20 heavy (non-hydrogen) atoms. The van der Waals surface area contributed by atoms with Crippen molar-refractivity contribution >= 4 is 0 Å². The predicted molar refractivity (Wildman–Crippen MR) is 87.1 cm³/mol. The van der Waals surface area contributed by atoms with Gasteiger partial charge < -0.3 is 5.32 Å². The van der Waals surface area contributed by atoms with Gasteiger partial charge >= 0.3 is 0 Å². The van der Waals surface area contributed by atoms with Crippen LogP contribution in [0.5, 0.6) is 0 Å². The van der Waals surface area contributed by atoms with E-state index < -0.39 is 0 Å². The van der Waals surface area contributed by atoms with E-state index in [2.05, 4.69) is 62.3 Å². The van der Waals surface area contributed by atoms with Gasteiger partial charge in [-0.3, -0.25) is 4.90 Å². The van der Waals surface area contributed by atoms with Crippen molar-refractivity contribution in [2.75, 3.05) is 20.1 Å². The van der Waals surface area contributed by atoms with Gasteiger partial charge in [0.1, 0.15) is 0 Å². The lowest BCUT2D eigenvalue weighted by atomic mass is 9.86. The predicted octanol–water partition coefficient (Wildman–Crippen LogP) is 3.56. The van der Waals surface area contributed by atoms with E-state index in [1.54, 1.807) is 0 Å². The summed E-state index contributed by atoms with van der Waals surface area (Å²) in [6.07, 6.45) is 3.90. The summed E-state index contributed by atoms with van der Waals surface area (Å²) in [5.74, 6) is 0. The molecule has 1 aromatic carbocycles. The van der Waals surface area contributed by atoms with Crippen molar-refractivity contribution in [1.82, 2.24) is 10.2 Å². The van der Waals surface area contributed by atoms with E-state index in [4.69, 9.17) is 0 Å². The van der Waals surface area contributed by atoms with Crippen molar-refractivity contribution in [2.24, 2.45) is 0 Å². The van der Waals surface area contributed by atoms with E-state index in [0.29, 0.717) is 0 Å². The molecule has 0 spiro atoms. The van der Waals surface area contributed by atoms with Gasteiger partial charge in [0, 0.05) is 12.6 Å². The average molecular weight is 274 g/mol. The van der Waals surface area contributed by atoms with Gasteiger partial charge in [-0.2, -0.15) is 0 Å².